The number of carbonyl (C=O) groups is 3. The highest BCUT2D eigenvalue weighted by molar-refractivity contribution is 5.98. The van der Waals surface area contributed by atoms with Crippen molar-refractivity contribution in [1.29, 1.82) is 0 Å². The van der Waals surface area contributed by atoms with Gasteiger partial charge >= 0.3 is 0 Å². The van der Waals surface area contributed by atoms with Crippen LogP contribution in [0, 0.1) is 0 Å². The van der Waals surface area contributed by atoms with E-state index in [2.05, 4.69) is 17.4 Å². The maximum Gasteiger partial charge on any atom is 0.254 e. The summed E-state index contributed by atoms with van der Waals surface area (Å²) in [6, 6.07) is 43.2. The molecule has 2 atom stereocenters. The Bertz CT molecular complexity index is 1810. The van der Waals surface area contributed by atoms with Gasteiger partial charge in [-0.1, -0.05) is 127 Å². The molecule has 0 saturated carbocycles. The van der Waals surface area contributed by atoms with Crippen molar-refractivity contribution >= 4 is 17.7 Å². The molecule has 0 unspecified atom stereocenters. The lowest BCUT2D eigenvalue weighted by Gasteiger charge is -2.35. The number of rotatable bonds is 14. The van der Waals surface area contributed by atoms with Crippen molar-refractivity contribution in [2.75, 3.05) is 20.6 Å². The normalized spacial score (nSPS) is 12.1. The molecule has 49 heavy (non-hydrogen) atoms. The van der Waals surface area contributed by atoms with Crippen LogP contribution in [0.4, 0.5) is 0 Å². The van der Waals surface area contributed by atoms with Gasteiger partial charge in [0.1, 0.15) is 12.1 Å². The zero-order chi connectivity index (χ0) is 34.6. The maximum atomic E-state index is 14.6. The fourth-order valence-corrected chi connectivity index (χ4v) is 5.98. The van der Waals surface area contributed by atoms with Gasteiger partial charge < -0.3 is 20.9 Å². The standard InChI is InChI=1S/C42H44N4O3/c1-45(38(28-32-15-8-4-9-16-32)40(47)44-26-25-31-13-6-3-7-14-31)42(49)39(46(2)41(48)37-20-12-17-34(27-37)30-43)29-33-21-23-36(24-22-33)35-18-10-5-11-19-35/h3-24,27,38-39H,25-26,28-30,43H2,1-2H3,(H,44,47)/t38-,39-/m1/s1. The van der Waals surface area contributed by atoms with E-state index in [-0.39, 0.29) is 24.1 Å². The lowest BCUT2D eigenvalue weighted by molar-refractivity contribution is -0.142. The Hall–Kier alpha value is -5.53. The largest absolute Gasteiger partial charge is 0.354 e. The van der Waals surface area contributed by atoms with Gasteiger partial charge in [0.2, 0.25) is 11.8 Å². The molecule has 7 heteroatoms. The third-order valence-corrected chi connectivity index (χ3v) is 8.92. The molecule has 0 heterocycles. The van der Waals surface area contributed by atoms with E-state index in [0.717, 1.165) is 33.4 Å². The van der Waals surface area contributed by atoms with E-state index in [1.807, 2.05) is 109 Å². The van der Waals surface area contributed by atoms with E-state index in [1.165, 1.54) is 9.80 Å². The predicted octanol–water partition coefficient (Wildman–Crippen LogP) is 5.92. The Morgan fingerprint density at radius 1 is 0.592 bits per heavy atom. The van der Waals surface area contributed by atoms with Crippen molar-refractivity contribution in [3.63, 3.8) is 0 Å². The van der Waals surface area contributed by atoms with Crippen LogP contribution in [0.1, 0.15) is 32.6 Å². The lowest BCUT2D eigenvalue weighted by Crippen LogP contribution is -2.56. The van der Waals surface area contributed by atoms with Crippen molar-refractivity contribution in [3.05, 3.63) is 167 Å². The molecule has 250 valence electrons. The molecule has 5 rings (SSSR count). The molecule has 0 radical (unpaired) electrons. The first-order chi connectivity index (χ1) is 23.8. The van der Waals surface area contributed by atoms with E-state index in [4.69, 9.17) is 5.73 Å². The first-order valence-corrected chi connectivity index (χ1v) is 16.7. The Balaban J connectivity index is 1.42. The van der Waals surface area contributed by atoms with Crippen LogP contribution in [0.5, 0.6) is 0 Å². The smallest absolute Gasteiger partial charge is 0.254 e. The number of nitrogens with two attached hydrogens (primary N) is 1. The van der Waals surface area contributed by atoms with Crippen LogP contribution in [0.2, 0.25) is 0 Å². The third-order valence-electron chi connectivity index (χ3n) is 8.92. The Morgan fingerprint density at radius 2 is 1.12 bits per heavy atom. The van der Waals surface area contributed by atoms with Crippen LogP contribution in [-0.4, -0.2) is 60.2 Å². The van der Waals surface area contributed by atoms with E-state index >= 15 is 0 Å². The number of hydrogen-bond acceptors (Lipinski definition) is 4. The van der Waals surface area contributed by atoms with Crippen LogP contribution in [0.15, 0.2) is 140 Å². The van der Waals surface area contributed by atoms with Crippen molar-refractivity contribution in [3.8, 4) is 11.1 Å². The molecule has 5 aromatic rings. The minimum atomic E-state index is -0.878. The van der Waals surface area contributed by atoms with Crippen LogP contribution in [-0.2, 0) is 35.4 Å². The summed E-state index contributed by atoms with van der Waals surface area (Å²) in [7, 11) is 3.31. The van der Waals surface area contributed by atoms with Gasteiger partial charge in [-0.05, 0) is 51.9 Å². The second-order valence-corrected chi connectivity index (χ2v) is 12.3. The summed E-state index contributed by atoms with van der Waals surface area (Å²) in [4.78, 5) is 45.4. The average molecular weight is 653 g/mol. The number of nitrogens with zero attached hydrogens (tertiary/aromatic N) is 2. The van der Waals surface area contributed by atoms with Gasteiger partial charge in [-0.15, -0.1) is 0 Å². The Morgan fingerprint density at radius 3 is 1.76 bits per heavy atom. The molecule has 0 aliphatic carbocycles. The first kappa shape index (κ1) is 34.8. The number of benzene rings is 5. The number of hydrogen-bond donors (Lipinski definition) is 2. The summed E-state index contributed by atoms with van der Waals surface area (Å²) in [6.45, 7) is 0.730. The zero-order valence-corrected chi connectivity index (χ0v) is 28.2. The van der Waals surface area contributed by atoms with Gasteiger partial charge in [-0.2, -0.15) is 0 Å². The van der Waals surface area contributed by atoms with Gasteiger partial charge in [-0.3, -0.25) is 14.4 Å². The van der Waals surface area contributed by atoms with E-state index < -0.39 is 12.1 Å². The highest BCUT2D eigenvalue weighted by Gasteiger charge is 2.35. The lowest BCUT2D eigenvalue weighted by atomic mass is 9.97. The second kappa shape index (κ2) is 17.0. The van der Waals surface area contributed by atoms with Gasteiger partial charge in [0.25, 0.3) is 5.91 Å². The van der Waals surface area contributed by atoms with Crippen molar-refractivity contribution in [2.45, 2.75) is 37.9 Å². The fourth-order valence-electron chi connectivity index (χ4n) is 5.98. The highest BCUT2D eigenvalue weighted by atomic mass is 16.2. The molecule has 0 aliphatic heterocycles. The topological polar surface area (TPSA) is 95.7 Å². The molecular formula is C42H44N4O3. The highest BCUT2D eigenvalue weighted by Crippen LogP contribution is 2.22. The van der Waals surface area contributed by atoms with Gasteiger partial charge in [0.15, 0.2) is 0 Å². The molecule has 0 fully saturated rings. The quantitative estimate of drug-likeness (QED) is 0.156. The molecule has 5 aromatic carbocycles. The molecule has 0 saturated heterocycles. The summed E-state index contributed by atoms with van der Waals surface area (Å²) < 4.78 is 0. The molecule has 0 aliphatic rings. The maximum absolute atomic E-state index is 14.6. The van der Waals surface area contributed by atoms with E-state index in [9.17, 15) is 14.4 Å². The molecule has 0 aromatic heterocycles. The number of nitrogens with one attached hydrogen (secondary N) is 1. The van der Waals surface area contributed by atoms with Crippen LogP contribution in [0.3, 0.4) is 0 Å². The Kier molecular flexibility index (Phi) is 12.1. The number of likely N-dealkylation sites (N-methyl/N-ethyl adjacent to an activating group) is 2. The summed E-state index contributed by atoms with van der Waals surface area (Å²) >= 11 is 0. The van der Waals surface area contributed by atoms with Gasteiger partial charge in [0, 0.05) is 45.6 Å². The van der Waals surface area contributed by atoms with E-state index in [0.29, 0.717) is 31.5 Å². The van der Waals surface area contributed by atoms with Gasteiger partial charge in [0.05, 0.1) is 0 Å². The van der Waals surface area contributed by atoms with Crippen molar-refractivity contribution in [1.82, 2.24) is 15.1 Å². The summed E-state index contributed by atoms with van der Waals surface area (Å²) in [5.41, 5.74) is 12.2. The van der Waals surface area contributed by atoms with Gasteiger partial charge in [-0.25, -0.2) is 0 Å². The molecule has 7 nitrogen and oxygen atoms in total. The number of carbonyl (C=O) groups excluding carboxylic acids is 3. The predicted molar refractivity (Wildman–Crippen MR) is 196 cm³/mol. The molecule has 0 spiro atoms. The molecule has 3 N–H and O–H groups in total. The first-order valence-electron chi connectivity index (χ1n) is 16.7. The molecular weight excluding hydrogens is 608 g/mol. The second-order valence-electron chi connectivity index (χ2n) is 12.3. The van der Waals surface area contributed by atoms with Crippen molar-refractivity contribution < 1.29 is 14.4 Å². The Labute approximate surface area is 289 Å². The monoisotopic (exact) mass is 652 g/mol. The van der Waals surface area contributed by atoms with Crippen molar-refractivity contribution in [2.24, 2.45) is 5.73 Å². The van der Waals surface area contributed by atoms with Crippen LogP contribution < -0.4 is 11.1 Å². The zero-order valence-electron chi connectivity index (χ0n) is 28.2. The van der Waals surface area contributed by atoms with E-state index in [1.54, 1.807) is 32.3 Å². The minimum absolute atomic E-state index is 0.244. The minimum Gasteiger partial charge on any atom is -0.354 e. The summed E-state index contributed by atoms with van der Waals surface area (Å²) in [5, 5.41) is 3.06. The number of amides is 3. The summed E-state index contributed by atoms with van der Waals surface area (Å²) in [6.07, 6.45) is 1.27. The third kappa shape index (κ3) is 9.30. The molecule has 3 amide bonds. The van der Waals surface area contributed by atoms with Crippen LogP contribution in [0.25, 0.3) is 11.1 Å². The van der Waals surface area contributed by atoms with Crippen LogP contribution >= 0.6 is 0 Å². The average Bonchev–Trinajstić information content (AvgIpc) is 3.16. The summed E-state index contributed by atoms with van der Waals surface area (Å²) in [5.74, 6) is -0.863. The fraction of sp³-hybridized carbons (Fsp3) is 0.214. The molecule has 0 bridgehead atoms. The SMILES string of the molecule is CN(C(=O)c1cccc(CN)c1)[C@H](Cc1ccc(-c2ccccc2)cc1)C(=O)N(C)[C@H](Cc1ccccc1)C(=O)NCCc1ccccc1.